The van der Waals surface area contributed by atoms with E-state index in [0.717, 1.165) is 31.7 Å². The number of alkyl halides is 3. The van der Waals surface area contributed by atoms with E-state index < -0.39 is 24.3 Å². The molecule has 4 nitrogen and oxygen atoms in total. The molecule has 0 aliphatic rings. The van der Waals surface area contributed by atoms with E-state index in [0.29, 0.717) is 6.61 Å². The molecular weight excluding hydrogens is 361 g/mol. The number of hydrogen-bond acceptors (Lipinski definition) is 4. The number of benzene rings is 1. The lowest BCUT2D eigenvalue weighted by molar-refractivity contribution is -0.148. The average molecular weight is 388 g/mol. The van der Waals surface area contributed by atoms with Crippen LogP contribution in [0.3, 0.4) is 0 Å². The van der Waals surface area contributed by atoms with Crippen LogP contribution < -0.4 is 0 Å². The first-order chi connectivity index (χ1) is 12.8. The maximum absolute atomic E-state index is 12.9. The van der Waals surface area contributed by atoms with E-state index in [4.69, 9.17) is 9.47 Å². The number of esters is 2. The molecule has 0 saturated carbocycles. The minimum absolute atomic E-state index is 0.0419. The molecule has 0 saturated heterocycles. The molecule has 0 aromatic heterocycles. The fourth-order valence-electron chi connectivity index (χ4n) is 2.49. The smallest absolute Gasteiger partial charge is 0.416 e. The summed E-state index contributed by atoms with van der Waals surface area (Å²) in [5, 5.41) is 0. The van der Waals surface area contributed by atoms with Crippen molar-refractivity contribution in [3.05, 3.63) is 35.4 Å². The summed E-state index contributed by atoms with van der Waals surface area (Å²) in [6, 6.07) is 4.95. The van der Waals surface area contributed by atoms with Crippen LogP contribution in [0.15, 0.2) is 24.3 Å². The van der Waals surface area contributed by atoms with Crippen LogP contribution >= 0.6 is 0 Å². The molecule has 0 aliphatic carbocycles. The molecule has 0 aliphatic heterocycles. The number of ether oxygens (including phenoxy) is 2. The second-order valence-corrected chi connectivity index (χ2v) is 6.30. The minimum Gasteiger partial charge on any atom is -0.466 e. The van der Waals surface area contributed by atoms with Gasteiger partial charge in [-0.2, -0.15) is 13.2 Å². The van der Waals surface area contributed by atoms with Gasteiger partial charge in [0, 0.05) is 18.4 Å². The van der Waals surface area contributed by atoms with Crippen LogP contribution in [0.4, 0.5) is 13.2 Å². The summed E-state index contributed by atoms with van der Waals surface area (Å²) >= 11 is 0. The highest BCUT2D eigenvalue weighted by molar-refractivity contribution is 5.72. The van der Waals surface area contributed by atoms with Crippen molar-refractivity contribution in [1.29, 1.82) is 0 Å². The SMILES string of the molecule is CCCCCCCOC(=O)CCCC(=O)OCc1ccccc1C(F)(F)F. The van der Waals surface area contributed by atoms with E-state index in [-0.39, 0.29) is 30.8 Å². The van der Waals surface area contributed by atoms with E-state index in [9.17, 15) is 22.8 Å². The second-order valence-electron chi connectivity index (χ2n) is 6.30. The topological polar surface area (TPSA) is 52.6 Å². The van der Waals surface area contributed by atoms with Gasteiger partial charge in [-0.1, -0.05) is 50.8 Å². The number of unbranched alkanes of at least 4 members (excludes halogenated alkanes) is 4. The van der Waals surface area contributed by atoms with Crippen molar-refractivity contribution in [2.24, 2.45) is 0 Å². The quantitative estimate of drug-likeness (QED) is 0.354. The molecular formula is C20H27F3O4. The first-order valence-corrected chi connectivity index (χ1v) is 9.31. The summed E-state index contributed by atoms with van der Waals surface area (Å²) in [4.78, 5) is 23.2. The van der Waals surface area contributed by atoms with Crippen molar-refractivity contribution in [2.45, 2.75) is 71.1 Å². The Labute approximate surface area is 158 Å². The van der Waals surface area contributed by atoms with Gasteiger partial charge in [0.2, 0.25) is 0 Å². The molecule has 0 N–H and O–H groups in total. The predicted octanol–water partition coefficient (Wildman–Crippen LogP) is 5.43. The third-order valence-corrected chi connectivity index (χ3v) is 3.98. The molecule has 1 rings (SSSR count). The van der Waals surface area contributed by atoms with Crippen LogP contribution in [0.1, 0.15) is 69.4 Å². The standard InChI is InChI=1S/C20H27F3O4/c1-2-3-4-5-8-14-26-18(24)12-9-13-19(25)27-15-16-10-6-7-11-17(16)20(21,22)23/h6-7,10-11H,2-5,8-9,12-15H2,1H3. The summed E-state index contributed by atoms with van der Waals surface area (Å²) in [6.07, 6.45) is 1.08. The van der Waals surface area contributed by atoms with Crippen molar-refractivity contribution in [3.63, 3.8) is 0 Å². The molecule has 0 amide bonds. The normalized spacial score (nSPS) is 11.3. The lowest BCUT2D eigenvalue weighted by atomic mass is 10.1. The molecule has 0 radical (unpaired) electrons. The Morgan fingerprint density at radius 1 is 0.889 bits per heavy atom. The Morgan fingerprint density at radius 3 is 2.19 bits per heavy atom. The summed E-state index contributed by atoms with van der Waals surface area (Å²) in [7, 11) is 0. The van der Waals surface area contributed by atoms with E-state index >= 15 is 0 Å². The largest absolute Gasteiger partial charge is 0.466 e. The van der Waals surface area contributed by atoms with E-state index in [2.05, 4.69) is 6.92 Å². The van der Waals surface area contributed by atoms with Gasteiger partial charge in [0.15, 0.2) is 0 Å². The molecule has 0 bridgehead atoms. The Kier molecular flexibility index (Phi) is 10.5. The molecule has 1 aromatic carbocycles. The van der Waals surface area contributed by atoms with Gasteiger partial charge in [0.05, 0.1) is 12.2 Å². The van der Waals surface area contributed by atoms with Crippen molar-refractivity contribution in [1.82, 2.24) is 0 Å². The number of hydrogen-bond donors (Lipinski definition) is 0. The fraction of sp³-hybridized carbons (Fsp3) is 0.600. The zero-order valence-electron chi connectivity index (χ0n) is 15.6. The number of rotatable bonds is 12. The molecule has 0 fully saturated rings. The lowest BCUT2D eigenvalue weighted by Gasteiger charge is -2.12. The van der Waals surface area contributed by atoms with Gasteiger partial charge in [-0.25, -0.2) is 0 Å². The van der Waals surface area contributed by atoms with Gasteiger partial charge in [-0.3, -0.25) is 9.59 Å². The summed E-state index contributed by atoms with van der Waals surface area (Å²) in [5.74, 6) is -1.01. The minimum atomic E-state index is -4.50. The third kappa shape index (κ3) is 10.0. The Hall–Kier alpha value is -2.05. The van der Waals surface area contributed by atoms with Gasteiger partial charge < -0.3 is 9.47 Å². The number of carbonyl (C=O) groups excluding carboxylic acids is 2. The summed E-state index contributed by atoms with van der Waals surface area (Å²) in [5.41, 5.74) is -0.916. The first kappa shape index (κ1) is 23.0. The lowest BCUT2D eigenvalue weighted by Crippen LogP contribution is -2.12. The van der Waals surface area contributed by atoms with Crippen LogP contribution in [-0.2, 0) is 31.8 Å². The average Bonchev–Trinajstić information content (AvgIpc) is 2.62. The van der Waals surface area contributed by atoms with Crippen LogP contribution in [-0.4, -0.2) is 18.5 Å². The van der Waals surface area contributed by atoms with Gasteiger partial charge in [-0.15, -0.1) is 0 Å². The zero-order valence-corrected chi connectivity index (χ0v) is 15.6. The van der Waals surface area contributed by atoms with Crippen molar-refractivity contribution in [3.8, 4) is 0 Å². The van der Waals surface area contributed by atoms with E-state index in [1.165, 1.54) is 24.6 Å². The molecule has 0 atom stereocenters. The fourth-order valence-corrected chi connectivity index (χ4v) is 2.49. The summed E-state index contributed by atoms with van der Waals surface area (Å²) in [6.45, 7) is 2.05. The molecule has 27 heavy (non-hydrogen) atoms. The van der Waals surface area contributed by atoms with Crippen LogP contribution in [0, 0.1) is 0 Å². The maximum Gasteiger partial charge on any atom is 0.416 e. The summed E-state index contributed by atoms with van der Waals surface area (Å²) < 4.78 is 48.5. The number of halogens is 3. The third-order valence-electron chi connectivity index (χ3n) is 3.98. The molecule has 0 unspecified atom stereocenters. The van der Waals surface area contributed by atoms with Crippen molar-refractivity contribution >= 4 is 11.9 Å². The Morgan fingerprint density at radius 2 is 1.52 bits per heavy atom. The molecule has 152 valence electrons. The predicted molar refractivity (Wildman–Crippen MR) is 94.8 cm³/mol. The zero-order chi connectivity index (χ0) is 20.1. The highest BCUT2D eigenvalue weighted by Crippen LogP contribution is 2.32. The highest BCUT2D eigenvalue weighted by Gasteiger charge is 2.33. The monoisotopic (exact) mass is 388 g/mol. The van der Waals surface area contributed by atoms with E-state index in [1.54, 1.807) is 0 Å². The van der Waals surface area contributed by atoms with Crippen LogP contribution in [0.5, 0.6) is 0 Å². The van der Waals surface area contributed by atoms with Crippen LogP contribution in [0.25, 0.3) is 0 Å². The first-order valence-electron chi connectivity index (χ1n) is 9.31. The van der Waals surface area contributed by atoms with Gasteiger partial charge in [0.25, 0.3) is 0 Å². The molecule has 7 heteroatoms. The second kappa shape index (κ2) is 12.4. The highest BCUT2D eigenvalue weighted by atomic mass is 19.4. The molecule has 0 spiro atoms. The van der Waals surface area contributed by atoms with Gasteiger partial charge >= 0.3 is 18.1 Å². The molecule has 0 heterocycles. The van der Waals surface area contributed by atoms with Crippen molar-refractivity contribution in [2.75, 3.05) is 6.61 Å². The number of carbonyl (C=O) groups is 2. The Bertz CT molecular complexity index is 585. The maximum atomic E-state index is 12.9. The molecule has 1 aromatic rings. The van der Waals surface area contributed by atoms with Gasteiger partial charge in [-0.05, 0) is 18.9 Å². The van der Waals surface area contributed by atoms with Crippen molar-refractivity contribution < 1.29 is 32.2 Å². The van der Waals surface area contributed by atoms with E-state index in [1.807, 2.05) is 0 Å². The Balaban J connectivity index is 2.20. The van der Waals surface area contributed by atoms with Gasteiger partial charge in [0.1, 0.15) is 6.61 Å². The van der Waals surface area contributed by atoms with Crippen LogP contribution in [0.2, 0.25) is 0 Å².